The number of anilines is 1. The maximum atomic E-state index is 12.7. The molecule has 0 saturated carbocycles. The van der Waals surface area contributed by atoms with Gasteiger partial charge in [0.2, 0.25) is 15.9 Å². The Morgan fingerprint density at radius 1 is 1.12 bits per heavy atom. The van der Waals surface area contributed by atoms with E-state index in [9.17, 15) is 13.2 Å². The van der Waals surface area contributed by atoms with Crippen molar-refractivity contribution in [1.29, 1.82) is 0 Å². The molecule has 132 valence electrons. The van der Waals surface area contributed by atoms with Crippen molar-refractivity contribution in [2.45, 2.75) is 37.6 Å². The Bertz CT molecular complexity index is 876. The quantitative estimate of drug-likeness (QED) is 0.893. The van der Waals surface area contributed by atoms with Gasteiger partial charge in [-0.3, -0.25) is 4.79 Å². The number of sulfonamides is 1. The molecule has 1 fully saturated rings. The van der Waals surface area contributed by atoms with Crippen LogP contribution >= 0.6 is 0 Å². The minimum absolute atomic E-state index is 0.207. The number of aryl methyl sites for hydroxylation is 2. The lowest BCUT2D eigenvalue weighted by Gasteiger charge is -2.18. The molecule has 0 aliphatic carbocycles. The van der Waals surface area contributed by atoms with Gasteiger partial charge < -0.3 is 4.90 Å². The highest BCUT2D eigenvalue weighted by molar-refractivity contribution is 7.89. The van der Waals surface area contributed by atoms with E-state index in [2.05, 4.69) is 4.72 Å². The summed E-state index contributed by atoms with van der Waals surface area (Å²) in [7, 11) is -3.73. The van der Waals surface area contributed by atoms with E-state index in [1.165, 1.54) is 0 Å². The van der Waals surface area contributed by atoms with E-state index < -0.39 is 16.1 Å². The lowest BCUT2D eigenvalue weighted by atomic mass is 10.2. The van der Waals surface area contributed by atoms with E-state index in [1.807, 2.05) is 44.2 Å². The summed E-state index contributed by atoms with van der Waals surface area (Å²) in [4.78, 5) is 14.5. The van der Waals surface area contributed by atoms with Crippen molar-refractivity contribution >= 4 is 21.6 Å². The number of rotatable bonds is 5. The molecule has 1 unspecified atom stereocenters. The van der Waals surface area contributed by atoms with Gasteiger partial charge in [-0.15, -0.1) is 0 Å². The summed E-state index contributed by atoms with van der Waals surface area (Å²) < 4.78 is 28.0. The third-order valence-corrected chi connectivity index (χ3v) is 6.06. The van der Waals surface area contributed by atoms with Crippen molar-refractivity contribution in [2.75, 3.05) is 11.4 Å². The average Bonchev–Trinajstić information content (AvgIpc) is 2.96. The largest absolute Gasteiger partial charge is 0.311 e. The standard InChI is InChI=1S/C19H22N2O3S/c1-3-15-6-4-5-7-18(15)25(23,24)20-17-12-13-21(19(17)22)16-10-8-14(2)9-11-16/h4-11,17,20H,3,12-13H2,1-2H3. The van der Waals surface area contributed by atoms with E-state index >= 15 is 0 Å². The molecular formula is C19H22N2O3S. The summed E-state index contributed by atoms with van der Waals surface area (Å²) in [5.41, 5.74) is 2.66. The van der Waals surface area contributed by atoms with Gasteiger partial charge in [0.1, 0.15) is 6.04 Å². The molecule has 2 aromatic rings. The van der Waals surface area contributed by atoms with Gasteiger partial charge in [0.15, 0.2) is 0 Å². The molecule has 1 aliphatic heterocycles. The van der Waals surface area contributed by atoms with E-state index in [1.54, 1.807) is 23.1 Å². The van der Waals surface area contributed by atoms with Crippen LogP contribution in [0.3, 0.4) is 0 Å². The Hall–Kier alpha value is -2.18. The van der Waals surface area contributed by atoms with Gasteiger partial charge in [0.25, 0.3) is 0 Å². The molecule has 1 amide bonds. The molecule has 1 N–H and O–H groups in total. The van der Waals surface area contributed by atoms with Crippen LogP contribution < -0.4 is 9.62 Å². The van der Waals surface area contributed by atoms with E-state index in [4.69, 9.17) is 0 Å². The smallest absolute Gasteiger partial charge is 0.245 e. The molecule has 0 spiro atoms. The fourth-order valence-electron chi connectivity index (χ4n) is 3.08. The molecule has 1 heterocycles. The topological polar surface area (TPSA) is 66.5 Å². The maximum Gasteiger partial charge on any atom is 0.245 e. The lowest BCUT2D eigenvalue weighted by molar-refractivity contribution is -0.118. The minimum atomic E-state index is -3.73. The number of carbonyl (C=O) groups is 1. The molecular weight excluding hydrogens is 336 g/mol. The van der Waals surface area contributed by atoms with Gasteiger partial charge in [-0.2, -0.15) is 4.72 Å². The van der Waals surface area contributed by atoms with Crippen molar-refractivity contribution in [3.8, 4) is 0 Å². The van der Waals surface area contributed by atoms with Crippen molar-refractivity contribution in [3.63, 3.8) is 0 Å². The number of nitrogens with zero attached hydrogens (tertiary/aromatic N) is 1. The number of hydrogen-bond donors (Lipinski definition) is 1. The molecule has 5 nitrogen and oxygen atoms in total. The summed E-state index contributed by atoms with van der Waals surface area (Å²) >= 11 is 0. The van der Waals surface area contributed by atoms with Gasteiger partial charge in [-0.05, 0) is 43.5 Å². The van der Waals surface area contributed by atoms with Gasteiger partial charge in [0.05, 0.1) is 4.90 Å². The summed E-state index contributed by atoms with van der Waals surface area (Å²) in [6.45, 7) is 4.40. The zero-order valence-corrected chi connectivity index (χ0v) is 15.2. The van der Waals surface area contributed by atoms with Crippen molar-refractivity contribution in [2.24, 2.45) is 0 Å². The monoisotopic (exact) mass is 358 g/mol. The van der Waals surface area contributed by atoms with Crippen LogP contribution in [0, 0.1) is 6.92 Å². The Morgan fingerprint density at radius 3 is 2.48 bits per heavy atom. The Labute approximate surface area is 148 Å². The zero-order chi connectivity index (χ0) is 18.0. The van der Waals surface area contributed by atoms with Crippen LogP contribution in [0.5, 0.6) is 0 Å². The summed E-state index contributed by atoms with van der Waals surface area (Å²) in [5.74, 6) is -0.207. The highest BCUT2D eigenvalue weighted by Gasteiger charge is 2.36. The van der Waals surface area contributed by atoms with Crippen LogP contribution in [0.4, 0.5) is 5.69 Å². The van der Waals surface area contributed by atoms with Crippen LogP contribution in [-0.4, -0.2) is 26.9 Å². The van der Waals surface area contributed by atoms with Crippen LogP contribution in [0.1, 0.15) is 24.5 Å². The maximum absolute atomic E-state index is 12.7. The second kappa shape index (κ2) is 6.98. The molecule has 1 saturated heterocycles. The number of hydrogen-bond acceptors (Lipinski definition) is 3. The molecule has 1 atom stereocenters. The summed E-state index contributed by atoms with van der Waals surface area (Å²) in [6.07, 6.45) is 1.07. The normalized spacial score (nSPS) is 17.9. The first-order valence-electron chi connectivity index (χ1n) is 8.40. The second-order valence-electron chi connectivity index (χ2n) is 6.25. The van der Waals surface area contributed by atoms with Gasteiger partial charge >= 0.3 is 0 Å². The molecule has 0 bridgehead atoms. The first-order valence-corrected chi connectivity index (χ1v) is 9.89. The lowest BCUT2D eigenvalue weighted by Crippen LogP contribution is -2.41. The van der Waals surface area contributed by atoms with Crippen LogP contribution in [-0.2, 0) is 21.2 Å². The molecule has 6 heteroatoms. The van der Waals surface area contributed by atoms with Gasteiger partial charge in [0, 0.05) is 12.2 Å². The number of benzene rings is 2. The first kappa shape index (κ1) is 17.6. The number of nitrogens with one attached hydrogen (secondary N) is 1. The molecule has 3 rings (SSSR count). The fraction of sp³-hybridized carbons (Fsp3) is 0.316. The Kier molecular flexibility index (Phi) is 4.92. The van der Waals surface area contributed by atoms with Crippen LogP contribution in [0.15, 0.2) is 53.4 Å². The molecule has 25 heavy (non-hydrogen) atoms. The summed E-state index contributed by atoms with van der Waals surface area (Å²) in [5, 5.41) is 0. The number of amides is 1. The number of carbonyl (C=O) groups excluding carboxylic acids is 1. The highest BCUT2D eigenvalue weighted by atomic mass is 32.2. The van der Waals surface area contributed by atoms with Crippen molar-refractivity contribution in [3.05, 3.63) is 59.7 Å². The Morgan fingerprint density at radius 2 is 1.80 bits per heavy atom. The third kappa shape index (κ3) is 3.60. The van der Waals surface area contributed by atoms with Crippen molar-refractivity contribution < 1.29 is 13.2 Å². The summed E-state index contributed by atoms with van der Waals surface area (Å²) in [6, 6.07) is 13.8. The SMILES string of the molecule is CCc1ccccc1S(=O)(=O)NC1CCN(c2ccc(C)cc2)C1=O. The van der Waals surface area contributed by atoms with Crippen LogP contribution in [0.2, 0.25) is 0 Å². The predicted octanol–water partition coefficient (Wildman–Crippen LogP) is 2.64. The van der Waals surface area contributed by atoms with Gasteiger partial charge in [-0.1, -0.05) is 42.8 Å². The van der Waals surface area contributed by atoms with Gasteiger partial charge in [-0.25, -0.2) is 8.42 Å². The van der Waals surface area contributed by atoms with E-state index in [0.717, 1.165) is 16.8 Å². The molecule has 0 aromatic heterocycles. The second-order valence-corrected chi connectivity index (χ2v) is 7.93. The fourth-order valence-corrected chi connectivity index (χ4v) is 4.61. The molecule has 0 radical (unpaired) electrons. The first-order chi connectivity index (χ1) is 11.9. The van der Waals surface area contributed by atoms with Crippen LogP contribution in [0.25, 0.3) is 0 Å². The molecule has 2 aromatic carbocycles. The van der Waals surface area contributed by atoms with E-state index in [0.29, 0.717) is 19.4 Å². The highest BCUT2D eigenvalue weighted by Crippen LogP contribution is 2.24. The third-order valence-electron chi connectivity index (χ3n) is 4.49. The van der Waals surface area contributed by atoms with Crippen molar-refractivity contribution in [1.82, 2.24) is 4.72 Å². The predicted molar refractivity (Wildman–Crippen MR) is 98.1 cm³/mol. The average molecular weight is 358 g/mol. The minimum Gasteiger partial charge on any atom is -0.311 e. The van der Waals surface area contributed by atoms with E-state index in [-0.39, 0.29) is 10.8 Å². The zero-order valence-electron chi connectivity index (χ0n) is 14.4. The molecule has 1 aliphatic rings. The Balaban J connectivity index is 1.79.